The first-order valence-electron chi connectivity index (χ1n) is 9.97. The number of hydrogen-bond donors (Lipinski definition) is 0. The van der Waals surface area contributed by atoms with E-state index in [1.165, 1.54) is 45.6 Å². The molecule has 3 nitrogen and oxygen atoms in total. The van der Waals surface area contributed by atoms with Crippen LogP contribution in [0.2, 0.25) is 0 Å². The normalized spacial score (nSPS) is 19.9. The van der Waals surface area contributed by atoms with Crippen molar-refractivity contribution in [2.75, 3.05) is 7.11 Å². The molecule has 1 aliphatic carbocycles. The Morgan fingerprint density at radius 2 is 1.63 bits per heavy atom. The van der Waals surface area contributed by atoms with Crippen molar-refractivity contribution >= 4 is 0 Å². The monoisotopic (exact) mass is 374 g/mol. The lowest BCUT2D eigenvalue weighted by Crippen LogP contribution is -2.15. The Kier molecular flexibility index (Phi) is 6.75. The predicted molar refractivity (Wildman–Crippen MR) is 103 cm³/mol. The fourth-order valence-electron chi connectivity index (χ4n) is 4.13. The van der Waals surface area contributed by atoms with Crippen molar-refractivity contribution in [2.45, 2.75) is 58.3 Å². The third kappa shape index (κ3) is 4.82. The summed E-state index contributed by atoms with van der Waals surface area (Å²) in [4.78, 5) is 0. The van der Waals surface area contributed by atoms with Gasteiger partial charge in [0, 0.05) is 11.6 Å². The molecule has 1 fully saturated rings. The van der Waals surface area contributed by atoms with E-state index in [4.69, 9.17) is 4.74 Å². The van der Waals surface area contributed by atoms with E-state index in [1.807, 2.05) is 0 Å². The van der Waals surface area contributed by atoms with E-state index in [9.17, 15) is 8.78 Å². The molecule has 27 heavy (non-hydrogen) atoms. The van der Waals surface area contributed by atoms with Gasteiger partial charge in [0.2, 0.25) is 5.88 Å². The van der Waals surface area contributed by atoms with Gasteiger partial charge in [-0.3, -0.25) is 0 Å². The smallest absolute Gasteiger partial charge is 0.233 e. The third-order valence-corrected chi connectivity index (χ3v) is 5.77. The second kappa shape index (κ2) is 9.25. The first-order chi connectivity index (χ1) is 13.1. The highest BCUT2D eigenvalue weighted by atomic mass is 19.2. The van der Waals surface area contributed by atoms with Crippen molar-refractivity contribution in [3.8, 4) is 17.1 Å². The van der Waals surface area contributed by atoms with Crippen LogP contribution < -0.4 is 4.74 Å². The number of aryl methyl sites for hydroxylation is 1. The van der Waals surface area contributed by atoms with Crippen molar-refractivity contribution in [1.29, 1.82) is 0 Å². The number of benzene rings is 1. The van der Waals surface area contributed by atoms with E-state index in [-0.39, 0.29) is 5.56 Å². The summed E-state index contributed by atoms with van der Waals surface area (Å²) in [5.41, 5.74) is 0.882. The van der Waals surface area contributed by atoms with Crippen LogP contribution >= 0.6 is 0 Å². The lowest BCUT2D eigenvalue weighted by Gasteiger charge is -2.28. The van der Waals surface area contributed by atoms with Gasteiger partial charge in [0.05, 0.1) is 12.8 Å². The van der Waals surface area contributed by atoms with Crippen molar-refractivity contribution in [3.05, 3.63) is 41.5 Å². The van der Waals surface area contributed by atoms with Gasteiger partial charge < -0.3 is 4.74 Å². The van der Waals surface area contributed by atoms with Gasteiger partial charge in [0.1, 0.15) is 0 Å². The lowest BCUT2D eigenvalue weighted by molar-refractivity contribution is 0.251. The summed E-state index contributed by atoms with van der Waals surface area (Å²) in [7, 11) is 1.48. The molecular formula is C22H28F2N2O. The highest BCUT2D eigenvalue weighted by Crippen LogP contribution is 2.34. The second-order valence-electron chi connectivity index (χ2n) is 7.58. The molecule has 1 aromatic heterocycles. The van der Waals surface area contributed by atoms with E-state index in [0.29, 0.717) is 29.5 Å². The summed E-state index contributed by atoms with van der Waals surface area (Å²) in [6.45, 7) is 2.24. The molecule has 0 atom stereocenters. The fraction of sp³-hybridized carbons (Fsp3) is 0.545. The van der Waals surface area contributed by atoms with Crippen LogP contribution in [0.5, 0.6) is 5.88 Å². The maximum atomic E-state index is 14.6. The SMILES string of the molecule is CCCC1CCC(CCc2ccc(-c3ccc(OC)nn3)c(F)c2F)CC1. The molecule has 0 unspecified atom stereocenters. The van der Waals surface area contributed by atoms with E-state index in [1.54, 1.807) is 24.3 Å². The Labute approximate surface area is 160 Å². The molecule has 0 amide bonds. The summed E-state index contributed by atoms with van der Waals surface area (Å²) in [6, 6.07) is 6.45. The van der Waals surface area contributed by atoms with Gasteiger partial charge in [-0.25, -0.2) is 8.78 Å². The second-order valence-corrected chi connectivity index (χ2v) is 7.58. The number of halogens is 2. The summed E-state index contributed by atoms with van der Waals surface area (Å²) in [6.07, 6.45) is 9.09. The van der Waals surface area contributed by atoms with Crippen LogP contribution in [0.1, 0.15) is 57.4 Å². The minimum Gasteiger partial charge on any atom is -0.480 e. The molecule has 0 spiro atoms. The van der Waals surface area contributed by atoms with Crippen molar-refractivity contribution in [2.24, 2.45) is 11.8 Å². The number of ether oxygens (including phenoxy) is 1. The van der Waals surface area contributed by atoms with E-state index >= 15 is 0 Å². The minimum absolute atomic E-state index is 0.131. The average Bonchev–Trinajstić information content (AvgIpc) is 2.71. The zero-order valence-electron chi connectivity index (χ0n) is 16.2. The minimum atomic E-state index is -0.848. The quantitative estimate of drug-likeness (QED) is 0.599. The molecule has 0 radical (unpaired) electrons. The van der Waals surface area contributed by atoms with Gasteiger partial charge in [0.15, 0.2) is 11.6 Å². The fourth-order valence-corrected chi connectivity index (χ4v) is 4.13. The number of hydrogen-bond acceptors (Lipinski definition) is 3. The van der Waals surface area contributed by atoms with Crippen LogP contribution in [0.15, 0.2) is 24.3 Å². The number of methoxy groups -OCH3 is 1. The molecular weight excluding hydrogens is 346 g/mol. The van der Waals surface area contributed by atoms with Crippen LogP contribution in [-0.2, 0) is 6.42 Å². The molecule has 2 aromatic rings. The molecule has 0 N–H and O–H groups in total. The van der Waals surface area contributed by atoms with Crippen molar-refractivity contribution < 1.29 is 13.5 Å². The number of rotatable bonds is 7. The van der Waals surface area contributed by atoms with Crippen LogP contribution in [0.3, 0.4) is 0 Å². The molecule has 0 saturated heterocycles. The van der Waals surface area contributed by atoms with Gasteiger partial charge in [-0.1, -0.05) is 51.5 Å². The van der Waals surface area contributed by atoms with Gasteiger partial charge in [-0.15, -0.1) is 10.2 Å². The largest absolute Gasteiger partial charge is 0.480 e. The van der Waals surface area contributed by atoms with Crippen LogP contribution in [0, 0.1) is 23.5 Å². The standard InChI is InChI=1S/C22H28F2N2O/c1-3-4-15-5-7-16(8-6-15)9-10-17-11-12-18(22(24)21(17)23)19-13-14-20(27-2)26-25-19/h11-16H,3-10H2,1-2H3. The van der Waals surface area contributed by atoms with Gasteiger partial charge in [-0.05, 0) is 42.4 Å². The summed E-state index contributed by atoms with van der Waals surface area (Å²) >= 11 is 0. The third-order valence-electron chi connectivity index (χ3n) is 5.77. The first-order valence-corrected chi connectivity index (χ1v) is 9.97. The zero-order valence-corrected chi connectivity index (χ0v) is 16.2. The Bertz CT molecular complexity index is 741. The van der Waals surface area contributed by atoms with Gasteiger partial charge in [-0.2, -0.15) is 0 Å². The Morgan fingerprint density at radius 1 is 0.926 bits per heavy atom. The average molecular weight is 374 g/mol. The molecule has 0 aliphatic heterocycles. The van der Waals surface area contributed by atoms with E-state index in [2.05, 4.69) is 17.1 Å². The molecule has 146 valence electrons. The maximum Gasteiger partial charge on any atom is 0.233 e. The summed E-state index contributed by atoms with van der Waals surface area (Å²) in [5, 5.41) is 7.73. The number of aromatic nitrogens is 2. The van der Waals surface area contributed by atoms with Crippen molar-refractivity contribution in [1.82, 2.24) is 10.2 Å². The molecule has 1 heterocycles. The molecule has 1 aromatic carbocycles. The molecule has 1 saturated carbocycles. The zero-order chi connectivity index (χ0) is 19.2. The number of nitrogens with zero attached hydrogens (tertiary/aromatic N) is 2. The Hall–Kier alpha value is -2.04. The molecule has 5 heteroatoms. The summed E-state index contributed by atoms with van der Waals surface area (Å²) in [5.74, 6) is 0.228. The maximum absolute atomic E-state index is 14.6. The van der Waals surface area contributed by atoms with Crippen LogP contribution in [0.4, 0.5) is 8.78 Å². The first kappa shape index (κ1) is 19.7. The Balaban J connectivity index is 1.63. The molecule has 1 aliphatic rings. The topological polar surface area (TPSA) is 35.0 Å². The predicted octanol–water partition coefficient (Wildman–Crippen LogP) is 5.97. The molecule has 0 bridgehead atoms. The molecule has 3 rings (SSSR count). The Morgan fingerprint density at radius 3 is 2.22 bits per heavy atom. The van der Waals surface area contributed by atoms with Crippen molar-refractivity contribution in [3.63, 3.8) is 0 Å². The highest BCUT2D eigenvalue weighted by molar-refractivity contribution is 5.60. The van der Waals surface area contributed by atoms with Gasteiger partial charge in [0.25, 0.3) is 0 Å². The lowest BCUT2D eigenvalue weighted by atomic mass is 9.78. The van der Waals surface area contributed by atoms with E-state index in [0.717, 1.165) is 12.3 Å². The van der Waals surface area contributed by atoms with Crippen LogP contribution in [-0.4, -0.2) is 17.3 Å². The summed E-state index contributed by atoms with van der Waals surface area (Å²) < 4.78 is 34.1. The van der Waals surface area contributed by atoms with Gasteiger partial charge >= 0.3 is 0 Å². The van der Waals surface area contributed by atoms with Crippen LogP contribution in [0.25, 0.3) is 11.3 Å². The highest BCUT2D eigenvalue weighted by Gasteiger charge is 2.22. The van der Waals surface area contributed by atoms with E-state index < -0.39 is 11.6 Å².